The molecule has 1 aromatic rings. The van der Waals surface area contributed by atoms with Gasteiger partial charge in [0.1, 0.15) is 0 Å². The average Bonchev–Trinajstić information content (AvgIpc) is 2.93. The molecule has 1 aromatic carbocycles. The van der Waals surface area contributed by atoms with Crippen LogP contribution in [0.4, 0.5) is 0 Å². The maximum Gasteiger partial charge on any atom is 0.220 e. The van der Waals surface area contributed by atoms with Crippen LogP contribution < -0.4 is 5.32 Å². The highest BCUT2D eigenvalue weighted by Gasteiger charge is 2.16. The van der Waals surface area contributed by atoms with E-state index in [2.05, 4.69) is 17.5 Å². The fraction of sp³-hybridized carbons (Fsp3) is 0.438. The number of methoxy groups -OCH3 is 1. The Kier molecular flexibility index (Phi) is 5.16. The van der Waals surface area contributed by atoms with Crippen LogP contribution in [0.5, 0.6) is 0 Å². The number of ether oxygens (including phenoxy) is 1. The van der Waals surface area contributed by atoms with Crippen LogP contribution in [0.15, 0.2) is 42.5 Å². The van der Waals surface area contributed by atoms with Gasteiger partial charge in [0.15, 0.2) is 0 Å². The van der Waals surface area contributed by atoms with E-state index in [1.54, 1.807) is 7.11 Å². The molecular weight excluding hydrogens is 238 g/mol. The van der Waals surface area contributed by atoms with Crippen LogP contribution in [0.25, 0.3) is 0 Å². The molecule has 0 bridgehead atoms. The number of amides is 1. The predicted molar refractivity (Wildman–Crippen MR) is 75.7 cm³/mol. The van der Waals surface area contributed by atoms with Gasteiger partial charge in [-0.15, -0.1) is 0 Å². The van der Waals surface area contributed by atoms with E-state index >= 15 is 0 Å². The largest absolute Gasteiger partial charge is 0.375 e. The Bertz CT molecular complexity index is 428. The highest BCUT2D eigenvalue weighted by molar-refractivity contribution is 5.76. The van der Waals surface area contributed by atoms with Crippen molar-refractivity contribution in [2.45, 2.75) is 25.4 Å². The summed E-state index contributed by atoms with van der Waals surface area (Å²) in [4.78, 5) is 11.9. The van der Waals surface area contributed by atoms with Crippen molar-refractivity contribution >= 4 is 5.91 Å². The van der Waals surface area contributed by atoms with Gasteiger partial charge in [-0.1, -0.05) is 42.5 Å². The molecule has 3 nitrogen and oxygen atoms in total. The monoisotopic (exact) mass is 259 g/mol. The SMILES string of the molecule is CO[C@H](CNC(=O)C[C@@H]1C=CCC1)c1ccccc1. The molecule has 1 N–H and O–H groups in total. The second-order valence-corrected chi connectivity index (χ2v) is 4.91. The lowest BCUT2D eigenvalue weighted by Crippen LogP contribution is -2.30. The van der Waals surface area contributed by atoms with Gasteiger partial charge in [-0.2, -0.15) is 0 Å². The molecule has 2 atom stereocenters. The van der Waals surface area contributed by atoms with E-state index in [9.17, 15) is 4.79 Å². The first-order valence-corrected chi connectivity index (χ1v) is 6.80. The Morgan fingerprint density at radius 3 is 2.84 bits per heavy atom. The van der Waals surface area contributed by atoms with Crippen LogP contribution in [0.1, 0.15) is 30.9 Å². The van der Waals surface area contributed by atoms with Crippen molar-refractivity contribution in [3.63, 3.8) is 0 Å². The summed E-state index contributed by atoms with van der Waals surface area (Å²) in [6.45, 7) is 0.524. The summed E-state index contributed by atoms with van der Waals surface area (Å²) in [5.41, 5.74) is 1.09. The van der Waals surface area contributed by atoms with Crippen molar-refractivity contribution in [1.29, 1.82) is 0 Å². The summed E-state index contributed by atoms with van der Waals surface area (Å²) in [6.07, 6.45) is 7.00. The van der Waals surface area contributed by atoms with E-state index in [1.165, 1.54) is 0 Å². The van der Waals surface area contributed by atoms with Crippen molar-refractivity contribution in [2.24, 2.45) is 5.92 Å². The van der Waals surface area contributed by atoms with Gasteiger partial charge in [-0.05, 0) is 24.3 Å². The van der Waals surface area contributed by atoms with Gasteiger partial charge in [-0.3, -0.25) is 4.79 Å². The third kappa shape index (κ3) is 4.21. The van der Waals surface area contributed by atoms with E-state index in [0.29, 0.717) is 18.9 Å². The van der Waals surface area contributed by atoms with E-state index in [-0.39, 0.29) is 12.0 Å². The molecule has 19 heavy (non-hydrogen) atoms. The first kappa shape index (κ1) is 13.8. The Balaban J connectivity index is 1.79. The van der Waals surface area contributed by atoms with Gasteiger partial charge in [-0.25, -0.2) is 0 Å². The minimum Gasteiger partial charge on any atom is -0.375 e. The van der Waals surface area contributed by atoms with Gasteiger partial charge in [0.2, 0.25) is 5.91 Å². The average molecular weight is 259 g/mol. The first-order chi connectivity index (χ1) is 9.29. The lowest BCUT2D eigenvalue weighted by Gasteiger charge is -2.17. The van der Waals surface area contributed by atoms with Crippen molar-refractivity contribution in [2.75, 3.05) is 13.7 Å². The quantitative estimate of drug-likeness (QED) is 0.798. The fourth-order valence-electron chi connectivity index (χ4n) is 2.39. The van der Waals surface area contributed by atoms with Gasteiger partial charge in [0.25, 0.3) is 0 Å². The van der Waals surface area contributed by atoms with E-state index in [1.807, 2.05) is 30.3 Å². The van der Waals surface area contributed by atoms with Gasteiger partial charge in [0.05, 0.1) is 6.10 Å². The summed E-state index contributed by atoms with van der Waals surface area (Å²) in [5, 5.41) is 2.96. The third-order valence-electron chi connectivity index (χ3n) is 3.50. The smallest absolute Gasteiger partial charge is 0.220 e. The third-order valence-corrected chi connectivity index (χ3v) is 3.50. The van der Waals surface area contributed by atoms with Crippen molar-refractivity contribution < 1.29 is 9.53 Å². The van der Waals surface area contributed by atoms with Crippen LogP contribution in [0, 0.1) is 5.92 Å². The van der Waals surface area contributed by atoms with Crippen molar-refractivity contribution in [1.82, 2.24) is 5.32 Å². The highest BCUT2D eigenvalue weighted by atomic mass is 16.5. The summed E-state index contributed by atoms with van der Waals surface area (Å²) < 4.78 is 5.43. The van der Waals surface area contributed by atoms with Gasteiger partial charge < -0.3 is 10.1 Å². The molecule has 0 fully saturated rings. The fourth-order valence-corrected chi connectivity index (χ4v) is 2.39. The molecular formula is C16H21NO2. The Labute approximate surface area is 114 Å². The lowest BCUT2D eigenvalue weighted by atomic mass is 10.0. The zero-order valence-electron chi connectivity index (χ0n) is 11.3. The normalized spacial score (nSPS) is 19.3. The first-order valence-electron chi connectivity index (χ1n) is 6.80. The van der Waals surface area contributed by atoms with Gasteiger partial charge >= 0.3 is 0 Å². The van der Waals surface area contributed by atoms with Crippen molar-refractivity contribution in [3.05, 3.63) is 48.0 Å². The van der Waals surface area contributed by atoms with Gasteiger partial charge in [0, 0.05) is 20.1 Å². The molecule has 0 unspecified atom stereocenters. The summed E-state index contributed by atoms with van der Waals surface area (Å²) in [5.74, 6) is 0.521. The minimum atomic E-state index is -0.0794. The van der Waals surface area contributed by atoms with E-state index < -0.39 is 0 Å². The molecule has 0 radical (unpaired) electrons. The standard InChI is InChI=1S/C16H21NO2/c1-19-15(14-9-3-2-4-10-14)12-17-16(18)11-13-7-5-6-8-13/h2-5,7,9-10,13,15H,6,8,11-12H2,1H3,(H,17,18)/t13-,15-/m1/s1. The molecule has 1 aliphatic rings. The molecule has 1 aliphatic carbocycles. The van der Waals surface area contributed by atoms with E-state index in [0.717, 1.165) is 18.4 Å². The Morgan fingerprint density at radius 1 is 1.42 bits per heavy atom. The number of hydrogen-bond acceptors (Lipinski definition) is 2. The second kappa shape index (κ2) is 7.10. The summed E-state index contributed by atoms with van der Waals surface area (Å²) in [6, 6.07) is 9.96. The number of carbonyl (C=O) groups is 1. The lowest BCUT2D eigenvalue weighted by molar-refractivity contribution is -0.122. The van der Waals surface area contributed by atoms with Crippen molar-refractivity contribution in [3.8, 4) is 0 Å². The molecule has 3 heteroatoms. The van der Waals surface area contributed by atoms with Crippen LogP contribution in [0.3, 0.4) is 0 Å². The number of allylic oxidation sites excluding steroid dienone is 2. The van der Waals surface area contributed by atoms with Crippen LogP contribution >= 0.6 is 0 Å². The number of hydrogen-bond donors (Lipinski definition) is 1. The predicted octanol–water partition coefficient (Wildman–Crippen LogP) is 2.85. The topological polar surface area (TPSA) is 38.3 Å². The maximum absolute atomic E-state index is 11.9. The Morgan fingerprint density at radius 2 is 2.21 bits per heavy atom. The number of nitrogens with one attached hydrogen (secondary N) is 1. The number of carbonyl (C=O) groups excluding carboxylic acids is 1. The highest BCUT2D eigenvalue weighted by Crippen LogP contribution is 2.20. The zero-order valence-corrected chi connectivity index (χ0v) is 11.3. The van der Waals surface area contributed by atoms with Crippen LogP contribution in [-0.2, 0) is 9.53 Å². The maximum atomic E-state index is 11.9. The zero-order chi connectivity index (χ0) is 13.5. The summed E-state index contributed by atoms with van der Waals surface area (Å²) in [7, 11) is 1.67. The van der Waals surface area contributed by atoms with Crippen LogP contribution in [-0.4, -0.2) is 19.6 Å². The molecule has 0 heterocycles. The molecule has 2 rings (SSSR count). The van der Waals surface area contributed by atoms with Crippen LogP contribution in [0.2, 0.25) is 0 Å². The second-order valence-electron chi connectivity index (χ2n) is 4.91. The molecule has 0 saturated heterocycles. The molecule has 1 amide bonds. The number of benzene rings is 1. The minimum absolute atomic E-state index is 0.0794. The number of rotatable bonds is 6. The molecule has 0 aliphatic heterocycles. The molecule has 102 valence electrons. The summed E-state index contributed by atoms with van der Waals surface area (Å²) >= 11 is 0. The molecule has 0 aromatic heterocycles. The molecule has 0 spiro atoms. The Hall–Kier alpha value is -1.61. The molecule has 0 saturated carbocycles. The van der Waals surface area contributed by atoms with E-state index in [4.69, 9.17) is 4.74 Å².